The number of hydrogen-bond acceptors (Lipinski definition) is 3. The average molecular weight is 609 g/mol. The van der Waals surface area contributed by atoms with E-state index in [1.807, 2.05) is 37.2 Å². The highest BCUT2D eigenvalue weighted by molar-refractivity contribution is 9.10. The maximum absolute atomic E-state index is 8.84. The fourth-order valence-corrected chi connectivity index (χ4v) is 4.14. The lowest BCUT2D eigenvalue weighted by Crippen LogP contribution is -2.04. The third-order valence-electron chi connectivity index (χ3n) is 5.29. The summed E-state index contributed by atoms with van der Waals surface area (Å²) in [5.74, 6) is 0.698. The Morgan fingerprint density at radius 3 is 1.56 bits per heavy atom. The number of halogens is 3. The first-order valence-corrected chi connectivity index (χ1v) is 13.3. The first kappa shape index (κ1) is 26.7. The molecule has 5 nitrogen and oxygen atoms in total. The maximum Gasteiger partial charge on any atom is 0.0951 e. The topological polar surface area (TPSA) is 55.9 Å². The molecule has 0 radical (unpaired) electrons. The number of alkyl halides is 1. The minimum atomic E-state index is 0.226. The molecule has 2 aromatic heterocycles. The lowest BCUT2D eigenvalue weighted by Gasteiger charge is -2.07. The third-order valence-corrected chi connectivity index (χ3v) is 6.61. The van der Waals surface area contributed by atoms with E-state index in [1.165, 1.54) is 22.5 Å². The number of aliphatic hydroxyl groups is 1. The molecule has 0 aliphatic heterocycles. The van der Waals surface area contributed by atoms with Crippen molar-refractivity contribution in [1.82, 2.24) is 19.1 Å². The van der Waals surface area contributed by atoms with Gasteiger partial charge in [0.05, 0.1) is 12.7 Å². The molecule has 2 aromatic carbocycles. The first-order chi connectivity index (χ1) is 16.6. The van der Waals surface area contributed by atoms with Gasteiger partial charge in [0.2, 0.25) is 0 Å². The smallest absolute Gasteiger partial charge is 0.0951 e. The van der Waals surface area contributed by atoms with E-state index >= 15 is 0 Å². The van der Waals surface area contributed by atoms with Crippen molar-refractivity contribution in [3.63, 3.8) is 0 Å². The zero-order valence-corrected chi connectivity index (χ0v) is 22.9. The molecule has 0 unspecified atom stereocenters. The quantitative estimate of drug-likeness (QED) is 0.210. The van der Waals surface area contributed by atoms with Gasteiger partial charge in [-0.05, 0) is 61.1 Å². The highest BCUT2D eigenvalue weighted by Crippen LogP contribution is 2.14. The van der Waals surface area contributed by atoms with Gasteiger partial charge >= 0.3 is 0 Å². The van der Waals surface area contributed by atoms with Crippen molar-refractivity contribution in [3.05, 3.63) is 105 Å². The molecule has 8 heteroatoms. The van der Waals surface area contributed by atoms with E-state index < -0.39 is 0 Å². The predicted molar refractivity (Wildman–Crippen MR) is 145 cm³/mol. The molecule has 180 valence electrons. The Balaban J connectivity index is 0.000000191. The van der Waals surface area contributed by atoms with Crippen molar-refractivity contribution in [2.24, 2.45) is 0 Å². The summed E-state index contributed by atoms with van der Waals surface area (Å²) < 4.78 is 6.50. The van der Waals surface area contributed by atoms with E-state index in [0.29, 0.717) is 5.88 Å². The fourth-order valence-electron chi connectivity index (χ4n) is 3.48. The monoisotopic (exact) mass is 606 g/mol. The van der Waals surface area contributed by atoms with Crippen LogP contribution in [0.5, 0.6) is 0 Å². The molecule has 1 N–H and O–H groups in total. The number of aliphatic hydroxyl groups excluding tert-OH is 1. The van der Waals surface area contributed by atoms with Crippen LogP contribution in [-0.2, 0) is 25.9 Å². The Morgan fingerprint density at radius 2 is 1.15 bits per heavy atom. The molecule has 0 saturated carbocycles. The Kier molecular flexibility index (Phi) is 11.3. The molecule has 0 bridgehead atoms. The van der Waals surface area contributed by atoms with E-state index in [4.69, 9.17) is 16.7 Å². The zero-order valence-electron chi connectivity index (χ0n) is 19.0. The van der Waals surface area contributed by atoms with Crippen molar-refractivity contribution in [2.75, 3.05) is 12.5 Å². The highest BCUT2D eigenvalue weighted by atomic mass is 79.9. The Hall–Kier alpha value is -1.93. The molecule has 4 rings (SSSR count). The summed E-state index contributed by atoms with van der Waals surface area (Å²) in [5, 5.41) is 8.84. The molecule has 0 fully saturated rings. The van der Waals surface area contributed by atoms with Crippen molar-refractivity contribution < 1.29 is 5.11 Å². The second-order valence-corrected chi connectivity index (χ2v) is 10.1. The number of hydrogen-bond donors (Lipinski definition) is 1. The van der Waals surface area contributed by atoms with Crippen LogP contribution in [0.3, 0.4) is 0 Å². The van der Waals surface area contributed by atoms with Crippen LogP contribution in [0.2, 0.25) is 0 Å². The third kappa shape index (κ3) is 8.69. The van der Waals surface area contributed by atoms with Gasteiger partial charge in [0.25, 0.3) is 0 Å². The number of rotatable bonds is 10. The molecular formula is C26H29Br2ClN4O. The van der Waals surface area contributed by atoms with Crippen LogP contribution < -0.4 is 0 Å². The van der Waals surface area contributed by atoms with Crippen LogP contribution in [-0.4, -0.2) is 36.7 Å². The van der Waals surface area contributed by atoms with Gasteiger partial charge in [-0.25, -0.2) is 9.97 Å². The van der Waals surface area contributed by atoms with Crippen LogP contribution in [0.4, 0.5) is 0 Å². The van der Waals surface area contributed by atoms with Crippen LogP contribution in [0.15, 0.2) is 82.5 Å². The SMILES string of the molecule is ClCCCc1cncn1Cc1ccc(Br)cc1.OCCCc1cncn1Cc1ccc(Br)cc1. The summed E-state index contributed by atoms with van der Waals surface area (Å²) in [4.78, 5) is 8.36. The number of imidazole rings is 2. The lowest BCUT2D eigenvalue weighted by molar-refractivity contribution is 0.287. The van der Waals surface area contributed by atoms with Gasteiger partial charge in [-0.3, -0.25) is 0 Å². The second kappa shape index (κ2) is 14.5. The van der Waals surface area contributed by atoms with Crippen LogP contribution in [0, 0.1) is 0 Å². The predicted octanol–water partition coefficient (Wildman–Crippen LogP) is 6.48. The fraction of sp³-hybridized carbons (Fsp3) is 0.308. The largest absolute Gasteiger partial charge is 0.396 e. The number of aromatic nitrogens is 4. The van der Waals surface area contributed by atoms with Gasteiger partial charge in [0.1, 0.15) is 0 Å². The Morgan fingerprint density at radius 1 is 0.706 bits per heavy atom. The molecule has 4 aromatic rings. The van der Waals surface area contributed by atoms with Gasteiger partial charge in [0.15, 0.2) is 0 Å². The molecule has 0 saturated heterocycles. The summed E-state index contributed by atoms with van der Waals surface area (Å²) in [6.07, 6.45) is 11.1. The van der Waals surface area contributed by atoms with E-state index in [-0.39, 0.29) is 6.61 Å². The molecule has 0 spiro atoms. The summed E-state index contributed by atoms with van der Waals surface area (Å²) in [6.45, 7) is 1.92. The Labute approximate surface area is 223 Å². The van der Waals surface area contributed by atoms with Gasteiger partial charge in [-0.1, -0.05) is 56.1 Å². The summed E-state index contributed by atoms with van der Waals surface area (Å²) in [5.41, 5.74) is 4.94. The normalized spacial score (nSPS) is 10.7. The molecule has 0 atom stereocenters. The molecular weight excluding hydrogens is 580 g/mol. The number of aryl methyl sites for hydroxylation is 2. The number of benzene rings is 2. The second-order valence-electron chi connectivity index (χ2n) is 7.90. The van der Waals surface area contributed by atoms with E-state index in [2.05, 4.69) is 87.4 Å². The van der Waals surface area contributed by atoms with E-state index in [9.17, 15) is 0 Å². The van der Waals surface area contributed by atoms with Crippen molar-refractivity contribution in [3.8, 4) is 0 Å². The van der Waals surface area contributed by atoms with Crippen molar-refractivity contribution >= 4 is 43.5 Å². The standard InChI is InChI=1S/C13H14BrClN2.C13H15BrN2O/c14-12-5-3-11(4-6-12)9-17-10-16-8-13(17)2-1-7-15;14-12-5-3-11(4-6-12)9-16-10-15-8-13(16)2-1-7-17/h3-6,8,10H,1-2,7,9H2;3-6,8,10,17H,1-2,7,9H2. The first-order valence-electron chi connectivity index (χ1n) is 11.2. The van der Waals surface area contributed by atoms with Crippen LogP contribution >= 0.6 is 43.5 Å². The van der Waals surface area contributed by atoms with Crippen molar-refractivity contribution in [1.29, 1.82) is 0 Å². The summed E-state index contributed by atoms with van der Waals surface area (Å²) in [7, 11) is 0. The molecule has 34 heavy (non-hydrogen) atoms. The number of nitrogens with zero attached hydrogens (tertiary/aromatic N) is 4. The Bertz CT molecular complexity index is 1020. The average Bonchev–Trinajstić information content (AvgIpc) is 3.48. The molecule has 0 aliphatic carbocycles. The summed E-state index contributed by atoms with van der Waals surface area (Å²) in [6, 6.07) is 16.6. The van der Waals surface area contributed by atoms with Crippen LogP contribution in [0.25, 0.3) is 0 Å². The van der Waals surface area contributed by atoms with Gasteiger partial charge in [0, 0.05) is 58.3 Å². The van der Waals surface area contributed by atoms with Gasteiger partial charge < -0.3 is 14.2 Å². The van der Waals surface area contributed by atoms with E-state index in [0.717, 1.165) is 47.7 Å². The maximum atomic E-state index is 8.84. The molecule has 0 amide bonds. The van der Waals surface area contributed by atoms with Crippen molar-refractivity contribution in [2.45, 2.75) is 38.8 Å². The minimum absolute atomic E-state index is 0.226. The molecule has 2 heterocycles. The highest BCUT2D eigenvalue weighted by Gasteiger charge is 2.04. The van der Waals surface area contributed by atoms with Crippen LogP contribution in [0.1, 0.15) is 35.4 Å². The van der Waals surface area contributed by atoms with Gasteiger partial charge in [-0.2, -0.15) is 0 Å². The molecule has 0 aliphatic rings. The lowest BCUT2D eigenvalue weighted by atomic mass is 10.2. The summed E-state index contributed by atoms with van der Waals surface area (Å²) >= 11 is 12.6. The van der Waals surface area contributed by atoms with Gasteiger partial charge in [-0.15, -0.1) is 11.6 Å². The minimum Gasteiger partial charge on any atom is -0.396 e. The van der Waals surface area contributed by atoms with E-state index in [1.54, 1.807) is 0 Å². The zero-order chi connectivity index (χ0) is 24.2.